The van der Waals surface area contributed by atoms with E-state index in [0.717, 1.165) is 6.42 Å². The molecule has 3 N–H and O–H groups in total. The Morgan fingerprint density at radius 3 is 2.53 bits per heavy atom. The molecule has 0 spiro atoms. The lowest BCUT2D eigenvalue weighted by molar-refractivity contribution is 0.222. The molecule has 1 aromatic carbocycles. The van der Waals surface area contributed by atoms with Crippen molar-refractivity contribution in [3.05, 3.63) is 34.9 Å². The molecule has 0 fully saturated rings. The molecule has 0 aliphatic heterocycles. The lowest BCUT2D eigenvalue weighted by Crippen LogP contribution is -2.44. The smallest absolute Gasteiger partial charge is 0.0440 e. The molecule has 0 aliphatic carbocycles. The van der Waals surface area contributed by atoms with Crippen molar-refractivity contribution in [2.75, 3.05) is 6.61 Å². The largest absolute Gasteiger partial charge is 0.396 e. The molecule has 2 heteroatoms. The normalized spacial score (nSPS) is 16.6. The zero-order valence-corrected chi connectivity index (χ0v) is 11.5. The summed E-state index contributed by atoms with van der Waals surface area (Å²) in [4.78, 5) is 0. The third-order valence-corrected chi connectivity index (χ3v) is 3.90. The van der Waals surface area contributed by atoms with Crippen molar-refractivity contribution in [2.45, 2.75) is 52.0 Å². The van der Waals surface area contributed by atoms with Crippen LogP contribution >= 0.6 is 0 Å². The summed E-state index contributed by atoms with van der Waals surface area (Å²) in [6.45, 7) is 8.66. The fourth-order valence-corrected chi connectivity index (χ4v) is 2.55. The average Bonchev–Trinajstić information content (AvgIpc) is 2.31. The van der Waals surface area contributed by atoms with Crippen LogP contribution in [0.15, 0.2) is 18.2 Å². The SMILES string of the molecule is CCC(N)C(C)(CCO)c1cc(C)ccc1C. The topological polar surface area (TPSA) is 46.2 Å². The first-order valence-corrected chi connectivity index (χ1v) is 6.40. The average molecular weight is 235 g/mol. The van der Waals surface area contributed by atoms with Crippen molar-refractivity contribution in [1.29, 1.82) is 0 Å². The van der Waals surface area contributed by atoms with Gasteiger partial charge in [0.2, 0.25) is 0 Å². The fraction of sp³-hybridized carbons (Fsp3) is 0.600. The zero-order chi connectivity index (χ0) is 13.1. The van der Waals surface area contributed by atoms with Gasteiger partial charge in [-0.05, 0) is 37.8 Å². The van der Waals surface area contributed by atoms with Crippen molar-refractivity contribution < 1.29 is 5.11 Å². The van der Waals surface area contributed by atoms with Crippen LogP contribution in [0.5, 0.6) is 0 Å². The molecule has 2 unspecified atom stereocenters. The lowest BCUT2D eigenvalue weighted by atomic mass is 9.71. The third-order valence-electron chi connectivity index (χ3n) is 3.90. The summed E-state index contributed by atoms with van der Waals surface area (Å²) in [6.07, 6.45) is 1.64. The second kappa shape index (κ2) is 5.65. The van der Waals surface area contributed by atoms with E-state index < -0.39 is 0 Å². The first-order valence-electron chi connectivity index (χ1n) is 6.40. The van der Waals surface area contributed by atoms with Gasteiger partial charge in [0.25, 0.3) is 0 Å². The number of benzene rings is 1. The second-order valence-corrected chi connectivity index (χ2v) is 5.22. The highest BCUT2D eigenvalue weighted by molar-refractivity contribution is 5.37. The van der Waals surface area contributed by atoms with Crippen LogP contribution < -0.4 is 5.73 Å². The summed E-state index contributed by atoms with van der Waals surface area (Å²) in [5.41, 5.74) is 9.92. The number of aryl methyl sites for hydroxylation is 2. The van der Waals surface area contributed by atoms with Crippen LogP contribution in [0.4, 0.5) is 0 Å². The molecule has 96 valence electrons. The minimum atomic E-state index is -0.139. The van der Waals surface area contributed by atoms with E-state index in [-0.39, 0.29) is 18.1 Å². The van der Waals surface area contributed by atoms with Gasteiger partial charge < -0.3 is 10.8 Å². The van der Waals surface area contributed by atoms with E-state index >= 15 is 0 Å². The van der Waals surface area contributed by atoms with Gasteiger partial charge in [-0.15, -0.1) is 0 Å². The van der Waals surface area contributed by atoms with Crippen molar-refractivity contribution in [2.24, 2.45) is 5.73 Å². The maximum Gasteiger partial charge on any atom is 0.0440 e. The molecule has 17 heavy (non-hydrogen) atoms. The number of aliphatic hydroxyl groups is 1. The van der Waals surface area contributed by atoms with Gasteiger partial charge in [0, 0.05) is 18.1 Å². The van der Waals surface area contributed by atoms with Gasteiger partial charge in [-0.25, -0.2) is 0 Å². The Hall–Kier alpha value is -0.860. The molecule has 0 amide bonds. The summed E-state index contributed by atoms with van der Waals surface area (Å²) in [5, 5.41) is 9.31. The summed E-state index contributed by atoms with van der Waals surface area (Å²) in [6, 6.07) is 6.55. The van der Waals surface area contributed by atoms with E-state index in [2.05, 4.69) is 45.9 Å². The van der Waals surface area contributed by atoms with Crippen LogP contribution in [0.3, 0.4) is 0 Å². The van der Waals surface area contributed by atoms with Gasteiger partial charge >= 0.3 is 0 Å². The van der Waals surface area contributed by atoms with Crippen molar-refractivity contribution in [3.8, 4) is 0 Å². The molecule has 0 saturated heterocycles. The molecular weight excluding hydrogens is 210 g/mol. The number of aliphatic hydroxyl groups excluding tert-OH is 1. The molecule has 2 atom stereocenters. The number of rotatable bonds is 5. The minimum Gasteiger partial charge on any atom is -0.396 e. The van der Waals surface area contributed by atoms with Gasteiger partial charge in [0.1, 0.15) is 0 Å². The van der Waals surface area contributed by atoms with E-state index in [9.17, 15) is 5.11 Å². The molecule has 0 heterocycles. The van der Waals surface area contributed by atoms with Crippen molar-refractivity contribution >= 4 is 0 Å². The van der Waals surface area contributed by atoms with E-state index in [1.54, 1.807) is 0 Å². The molecule has 0 aromatic heterocycles. The van der Waals surface area contributed by atoms with Crippen LogP contribution in [0.1, 0.15) is 43.4 Å². The molecule has 0 bridgehead atoms. The molecule has 1 rings (SSSR count). The van der Waals surface area contributed by atoms with Crippen molar-refractivity contribution in [3.63, 3.8) is 0 Å². The second-order valence-electron chi connectivity index (χ2n) is 5.22. The Morgan fingerprint density at radius 2 is 2.00 bits per heavy atom. The van der Waals surface area contributed by atoms with Crippen molar-refractivity contribution in [1.82, 2.24) is 0 Å². The first kappa shape index (κ1) is 14.2. The van der Waals surface area contributed by atoms with Crippen LogP contribution in [0.2, 0.25) is 0 Å². The summed E-state index contributed by atoms with van der Waals surface area (Å²) in [5.74, 6) is 0. The predicted octanol–water partition coefficient (Wildman–Crippen LogP) is 2.68. The van der Waals surface area contributed by atoms with Gasteiger partial charge in [-0.1, -0.05) is 37.6 Å². The number of hydrogen-bond acceptors (Lipinski definition) is 2. The molecule has 2 nitrogen and oxygen atoms in total. The maximum atomic E-state index is 9.31. The highest BCUT2D eigenvalue weighted by Crippen LogP contribution is 2.34. The third kappa shape index (κ3) is 2.88. The Labute approximate surface area is 105 Å². The Balaban J connectivity index is 3.26. The number of nitrogens with two attached hydrogens (primary N) is 1. The molecular formula is C15H25NO. The van der Waals surface area contributed by atoms with Gasteiger partial charge in [0.05, 0.1) is 0 Å². The van der Waals surface area contributed by atoms with Gasteiger partial charge in [0.15, 0.2) is 0 Å². The van der Waals surface area contributed by atoms with Gasteiger partial charge in [-0.2, -0.15) is 0 Å². The van der Waals surface area contributed by atoms with Crippen LogP contribution in [-0.4, -0.2) is 17.8 Å². The first-order chi connectivity index (χ1) is 7.95. The number of hydrogen-bond donors (Lipinski definition) is 2. The summed E-state index contributed by atoms with van der Waals surface area (Å²) < 4.78 is 0. The van der Waals surface area contributed by atoms with Crippen LogP contribution in [0.25, 0.3) is 0 Å². The van der Waals surface area contributed by atoms with Crippen LogP contribution in [-0.2, 0) is 5.41 Å². The summed E-state index contributed by atoms with van der Waals surface area (Å²) >= 11 is 0. The predicted molar refractivity (Wildman–Crippen MR) is 73.2 cm³/mol. The summed E-state index contributed by atoms with van der Waals surface area (Å²) in [7, 11) is 0. The highest BCUT2D eigenvalue weighted by atomic mass is 16.3. The molecule has 0 aliphatic rings. The fourth-order valence-electron chi connectivity index (χ4n) is 2.55. The highest BCUT2D eigenvalue weighted by Gasteiger charge is 2.33. The van der Waals surface area contributed by atoms with E-state index in [0.29, 0.717) is 6.42 Å². The zero-order valence-electron chi connectivity index (χ0n) is 11.5. The monoisotopic (exact) mass is 235 g/mol. The lowest BCUT2D eigenvalue weighted by Gasteiger charge is -2.36. The van der Waals surface area contributed by atoms with E-state index in [4.69, 9.17) is 5.73 Å². The quantitative estimate of drug-likeness (QED) is 0.824. The molecule has 0 saturated carbocycles. The van der Waals surface area contributed by atoms with E-state index in [1.807, 2.05) is 0 Å². The van der Waals surface area contributed by atoms with Crippen LogP contribution in [0, 0.1) is 13.8 Å². The van der Waals surface area contributed by atoms with Gasteiger partial charge in [-0.3, -0.25) is 0 Å². The van der Waals surface area contributed by atoms with E-state index in [1.165, 1.54) is 16.7 Å². The molecule has 0 radical (unpaired) electrons. The Bertz CT molecular complexity index is 375. The Kier molecular flexibility index (Phi) is 4.72. The maximum absolute atomic E-state index is 9.31. The minimum absolute atomic E-state index is 0.0788. The molecule has 1 aromatic rings. The standard InChI is InChI=1S/C15H25NO/c1-5-14(16)15(4,8-9-17)13-10-11(2)6-7-12(13)3/h6-7,10,14,17H,5,8-9,16H2,1-4H3. The Morgan fingerprint density at radius 1 is 1.35 bits per heavy atom.